The molecule has 0 spiro atoms. The Morgan fingerprint density at radius 2 is 2.37 bits per heavy atom. The smallest absolute Gasteiger partial charge is 0.248 e. The summed E-state index contributed by atoms with van der Waals surface area (Å²) in [5, 5.41) is 3.95. The van der Waals surface area contributed by atoms with Gasteiger partial charge < -0.3 is 16.0 Å². The number of primary amides is 1. The standard InChI is InChI=1S/C14H20ClN3O/c1-18-6-2-3-10(9-18)8-17-13-7-11(14(16)19)4-5-12(13)15/h4-5,7,10,17H,2-3,6,8-9H2,1H3,(H2,16,19). The Hall–Kier alpha value is -1.26. The Bertz CT molecular complexity index is 464. The minimum Gasteiger partial charge on any atom is -0.383 e. The number of nitrogens with zero attached hydrogens (tertiary/aromatic N) is 1. The highest BCUT2D eigenvalue weighted by Gasteiger charge is 2.17. The van der Waals surface area contributed by atoms with Gasteiger partial charge in [-0.05, 0) is 50.6 Å². The summed E-state index contributed by atoms with van der Waals surface area (Å²) in [6.45, 7) is 3.14. The van der Waals surface area contributed by atoms with Crippen LogP contribution in [0.25, 0.3) is 0 Å². The quantitative estimate of drug-likeness (QED) is 0.889. The summed E-state index contributed by atoms with van der Waals surface area (Å²) in [6, 6.07) is 5.07. The van der Waals surface area contributed by atoms with Crippen LogP contribution in [0.5, 0.6) is 0 Å². The average Bonchev–Trinajstić information content (AvgIpc) is 2.37. The lowest BCUT2D eigenvalue weighted by Gasteiger charge is -2.30. The summed E-state index contributed by atoms with van der Waals surface area (Å²) in [5.74, 6) is 0.184. The largest absolute Gasteiger partial charge is 0.383 e. The molecule has 1 amide bonds. The van der Waals surface area contributed by atoms with Crippen molar-refractivity contribution in [3.63, 3.8) is 0 Å². The molecule has 2 rings (SSSR count). The van der Waals surface area contributed by atoms with Crippen molar-refractivity contribution in [2.75, 3.05) is 32.0 Å². The Balaban J connectivity index is 1.98. The van der Waals surface area contributed by atoms with Gasteiger partial charge in [0.15, 0.2) is 0 Å². The summed E-state index contributed by atoms with van der Waals surface area (Å²) in [7, 11) is 2.15. The summed E-state index contributed by atoms with van der Waals surface area (Å²) in [5.41, 5.74) is 6.54. The van der Waals surface area contributed by atoms with Gasteiger partial charge in [0.05, 0.1) is 10.7 Å². The minimum absolute atomic E-state index is 0.433. The maximum Gasteiger partial charge on any atom is 0.248 e. The molecule has 1 atom stereocenters. The van der Waals surface area contributed by atoms with Gasteiger partial charge in [-0.2, -0.15) is 0 Å². The highest BCUT2D eigenvalue weighted by molar-refractivity contribution is 6.33. The molecule has 19 heavy (non-hydrogen) atoms. The fraction of sp³-hybridized carbons (Fsp3) is 0.500. The van der Waals surface area contributed by atoms with E-state index in [-0.39, 0.29) is 0 Å². The van der Waals surface area contributed by atoms with E-state index in [4.69, 9.17) is 17.3 Å². The van der Waals surface area contributed by atoms with Crippen LogP contribution in [0.2, 0.25) is 5.02 Å². The fourth-order valence-electron chi connectivity index (χ4n) is 2.51. The van der Waals surface area contributed by atoms with Crippen molar-refractivity contribution in [2.24, 2.45) is 11.7 Å². The maximum atomic E-state index is 11.2. The molecule has 1 unspecified atom stereocenters. The zero-order valence-corrected chi connectivity index (χ0v) is 11.9. The second-order valence-electron chi connectivity index (χ2n) is 5.21. The molecule has 1 heterocycles. The number of likely N-dealkylation sites (tertiary alicyclic amines) is 1. The van der Waals surface area contributed by atoms with Crippen LogP contribution in [-0.4, -0.2) is 37.5 Å². The van der Waals surface area contributed by atoms with E-state index in [1.165, 1.54) is 19.4 Å². The number of rotatable bonds is 4. The second kappa shape index (κ2) is 6.26. The van der Waals surface area contributed by atoms with Gasteiger partial charge in [0, 0.05) is 18.7 Å². The van der Waals surface area contributed by atoms with E-state index in [1.807, 2.05) is 0 Å². The molecule has 1 fully saturated rings. The van der Waals surface area contributed by atoms with Crippen LogP contribution in [0.1, 0.15) is 23.2 Å². The van der Waals surface area contributed by atoms with Crippen molar-refractivity contribution in [1.82, 2.24) is 4.90 Å². The van der Waals surface area contributed by atoms with E-state index in [0.29, 0.717) is 16.5 Å². The first-order valence-electron chi connectivity index (χ1n) is 6.58. The lowest BCUT2D eigenvalue weighted by Crippen LogP contribution is -2.35. The molecule has 0 saturated carbocycles. The molecule has 104 valence electrons. The van der Waals surface area contributed by atoms with E-state index in [2.05, 4.69) is 17.3 Å². The molecule has 4 nitrogen and oxygen atoms in total. The number of benzene rings is 1. The highest BCUT2D eigenvalue weighted by Crippen LogP contribution is 2.24. The van der Waals surface area contributed by atoms with Gasteiger partial charge in [0.1, 0.15) is 0 Å². The number of piperidine rings is 1. The number of carbonyl (C=O) groups excluding carboxylic acids is 1. The molecule has 1 aromatic rings. The third-order valence-electron chi connectivity index (χ3n) is 3.55. The molecule has 1 aromatic carbocycles. The normalized spacial score (nSPS) is 20.2. The lowest BCUT2D eigenvalue weighted by atomic mass is 9.98. The van der Waals surface area contributed by atoms with Crippen molar-refractivity contribution >= 4 is 23.2 Å². The number of carbonyl (C=O) groups is 1. The van der Waals surface area contributed by atoms with Crippen LogP contribution in [0, 0.1) is 5.92 Å². The van der Waals surface area contributed by atoms with E-state index < -0.39 is 5.91 Å². The number of nitrogens with one attached hydrogen (secondary N) is 1. The lowest BCUT2D eigenvalue weighted by molar-refractivity contribution is 0.100. The van der Waals surface area contributed by atoms with Crippen LogP contribution in [-0.2, 0) is 0 Å². The van der Waals surface area contributed by atoms with Gasteiger partial charge in [0.25, 0.3) is 0 Å². The molecule has 1 saturated heterocycles. The SMILES string of the molecule is CN1CCCC(CNc2cc(C(N)=O)ccc2Cl)C1. The summed E-state index contributed by atoms with van der Waals surface area (Å²) in [6.07, 6.45) is 2.46. The fourth-order valence-corrected chi connectivity index (χ4v) is 2.69. The number of halogens is 1. The molecule has 0 bridgehead atoms. The van der Waals surface area contributed by atoms with Crippen LogP contribution in [0.3, 0.4) is 0 Å². The second-order valence-corrected chi connectivity index (χ2v) is 5.62. The van der Waals surface area contributed by atoms with Crippen molar-refractivity contribution < 1.29 is 4.79 Å². The van der Waals surface area contributed by atoms with Crippen LogP contribution in [0.15, 0.2) is 18.2 Å². The van der Waals surface area contributed by atoms with Gasteiger partial charge in [-0.3, -0.25) is 4.79 Å². The molecular formula is C14H20ClN3O. The summed E-state index contributed by atoms with van der Waals surface area (Å²) in [4.78, 5) is 13.5. The number of hydrogen-bond acceptors (Lipinski definition) is 3. The minimum atomic E-state index is -0.433. The summed E-state index contributed by atoms with van der Waals surface area (Å²) >= 11 is 6.12. The molecule has 1 aliphatic heterocycles. The predicted molar refractivity (Wildman–Crippen MR) is 78.7 cm³/mol. The first-order chi connectivity index (χ1) is 9.06. The molecule has 0 aliphatic carbocycles. The van der Waals surface area contributed by atoms with Crippen LogP contribution >= 0.6 is 11.6 Å². The van der Waals surface area contributed by atoms with Gasteiger partial charge in [-0.15, -0.1) is 0 Å². The Morgan fingerprint density at radius 1 is 1.58 bits per heavy atom. The first kappa shape index (κ1) is 14.2. The molecule has 3 N–H and O–H groups in total. The van der Waals surface area contributed by atoms with E-state index in [9.17, 15) is 4.79 Å². The Labute approximate surface area is 118 Å². The molecule has 0 radical (unpaired) electrons. The van der Waals surface area contributed by atoms with Crippen molar-refractivity contribution in [1.29, 1.82) is 0 Å². The van der Waals surface area contributed by atoms with Crippen molar-refractivity contribution in [3.05, 3.63) is 28.8 Å². The number of anilines is 1. The van der Waals surface area contributed by atoms with E-state index in [1.54, 1.807) is 18.2 Å². The van der Waals surface area contributed by atoms with E-state index in [0.717, 1.165) is 18.8 Å². The van der Waals surface area contributed by atoms with Crippen molar-refractivity contribution in [3.8, 4) is 0 Å². The summed E-state index contributed by atoms with van der Waals surface area (Å²) < 4.78 is 0. The van der Waals surface area contributed by atoms with Crippen LogP contribution in [0.4, 0.5) is 5.69 Å². The average molecular weight is 282 g/mol. The van der Waals surface area contributed by atoms with Crippen molar-refractivity contribution in [2.45, 2.75) is 12.8 Å². The van der Waals surface area contributed by atoms with Crippen LogP contribution < -0.4 is 11.1 Å². The first-order valence-corrected chi connectivity index (χ1v) is 6.96. The third kappa shape index (κ3) is 3.85. The van der Waals surface area contributed by atoms with Gasteiger partial charge in [-0.25, -0.2) is 0 Å². The third-order valence-corrected chi connectivity index (χ3v) is 3.88. The van der Waals surface area contributed by atoms with Gasteiger partial charge in [-0.1, -0.05) is 11.6 Å². The number of hydrogen-bond donors (Lipinski definition) is 2. The Morgan fingerprint density at radius 3 is 3.05 bits per heavy atom. The zero-order chi connectivity index (χ0) is 13.8. The van der Waals surface area contributed by atoms with Gasteiger partial charge in [0.2, 0.25) is 5.91 Å². The monoisotopic (exact) mass is 281 g/mol. The topological polar surface area (TPSA) is 58.4 Å². The maximum absolute atomic E-state index is 11.2. The Kier molecular flexibility index (Phi) is 4.66. The molecule has 1 aliphatic rings. The van der Waals surface area contributed by atoms with E-state index >= 15 is 0 Å². The predicted octanol–water partition coefficient (Wildman–Crippen LogP) is 2.19. The number of amides is 1. The highest BCUT2D eigenvalue weighted by atomic mass is 35.5. The molecule has 0 aromatic heterocycles. The molecule has 5 heteroatoms. The van der Waals surface area contributed by atoms with Gasteiger partial charge >= 0.3 is 0 Å². The zero-order valence-electron chi connectivity index (χ0n) is 11.2. The molecular weight excluding hydrogens is 262 g/mol. The number of nitrogens with two attached hydrogens (primary N) is 1.